The monoisotopic (exact) mass is 417 g/mol. The van der Waals surface area contributed by atoms with Gasteiger partial charge in [0.1, 0.15) is 25.0 Å². The van der Waals surface area contributed by atoms with Crippen molar-refractivity contribution in [2.45, 2.75) is 25.7 Å². The van der Waals surface area contributed by atoms with Crippen molar-refractivity contribution in [1.82, 2.24) is 4.90 Å². The number of carbonyl (C=O) groups excluding carboxylic acids is 2. The van der Waals surface area contributed by atoms with Gasteiger partial charge in [-0.2, -0.15) is 0 Å². The smallest absolute Gasteiger partial charge is 0.413 e. The average Bonchev–Trinajstić information content (AvgIpc) is 3.18. The number of rotatable bonds is 7. The Morgan fingerprint density at radius 2 is 1.45 bits per heavy atom. The topological polar surface area (TPSA) is 65.1 Å². The summed E-state index contributed by atoms with van der Waals surface area (Å²) in [6.07, 6.45) is -0.222. The highest BCUT2D eigenvalue weighted by Gasteiger charge is 2.38. The summed E-state index contributed by atoms with van der Waals surface area (Å²) in [5, 5.41) is 0. The van der Waals surface area contributed by atoms with Crippen LogP contribution in [0.1, 0.15) is 16.7 Å². The Hall–Kier alpha value is -3.80. The first-order chi connectivity index (χ1) is 15.2. The van der Waals surface area contributed by atoms with Gasteiger partial charge in [0.05, 0.1) is 0 Å². The SMILES string of the molecule is O=C1OCN(C(=O)OCc2ccccc2)[C@H]1Cc1ccc(OCc2ccccc2)cc1. The van der Waals surface area contributed by atoms with Crippen LogP contribution in [-0.4, -0.2) is 29.7 Å². The highest BCUT2D eigenvalue weighted by Crippen LogP contribution is 2.21. The van der Waals surface area contributed by atoms with Gasteiger partial charge in [0.15, 0.2) is 6.73 Å². The Bertz CT molecular complexity index is 1010. The lowest BCUT2D eigenvalue weighted by molar-refractivity contribution is -0.139. The van der Waals surface area contributed by atoms with Gasteiger partial charge in [-0.3, -0.25) is 4.90 Å². The minimum atomic E-state index is -0.709. The Morgan fingerprint density at radius 3 is 2.10 bits per heavy atom. The molecule has 3 aromatic rings. The third kappa shape index (κ3) is 5.42. The van der Waals surface area contributed by atoms with Crippen molar-refractivity contribution in [2.75, 3.05) is 6.73 Å². The third-order valence-electron chi connectivity index (χ3n) is 5.03. The molecule has 0 radical (unpaired) electrons. The third-order valence-corrected chi connectivity index (χ3v) is 5.03. The summed E-state index contributed by atoms with van der Waals surface area (Å²) < 4.78 is 16.2. The molecule has 0 N–H and O–H groups in total. The van der Waals surface area contributed by atoms with Gasteiger partial charge >= 0.3 is 12.1 Å². The molecule has 0 aliphatic carbocycles. The van der Waals surface area contributed by atoms with Gasteiger partial charge in [-0.15, -0.1) is 0 Å². The molecule has 1 fully saturated rings. The molecule has 1 aliphatic heterocycles. The molecule has 1 heterocycles. The van der Waals surface area contributed by atoms with Crippen LogP contribution in [0.5, 0.6) is 5.75 Å². The van der Waals surface area contributed by atoms with Crippen LogP contribution in [0.15, 0.2) is 84.9 Å². The summed E-state index contributed by atoms with van der Waals surface area (Å²) in [6, 6.07) is 26.1. The van der Waals surface area contributed by atoms with Crippen molar-refractivity contribution in [2.24, 2.45) is 0 Å². The fourth-order valence-electron chi connectivity index (χ4n) is 3.31. The second-order valence-corrected chi connectivity index (χ2v) is 7.24. The Balaban J connectivity index is 1.33. The zero-order valence-corrected chi connectivity index (χ0v) is 17.0. The lowest BCUT2D eigenvalue weighted by Crippen LogP contribution is -2.39. The standard InChI is InChI=1S/C25H23NO5/c27-24-23(26(18-31-24)25(28)30-17-21-9-5-2-6-10-21)15-19-11-13-22(14-12-19)29-16-20-7-3-1-4-8-20/h1-14,23H,15-18H2/t23-/m0/s1. The fourth-order valence-corrected chi connectivity index (χ4v) is 3.31. The molecule has 0 spiro atoms. The van der Waals surface area contributed by atoms with E-state index >= 15 is 0 Å². The molecule has 3 aromatic carbocycles. The molecule has 1 atom stereocenters. The van der Waals surface area contributed by atoms with Gasteiger partial charge in [0.2, 0.25) is 0 Å². The number of carbonyl (C=O) groups is 2. The lowest BCUT2D eigenvalue weighted by Gasteiger charge is -2.20. The highest BCUT2D eigenvalue weighted by atomic mass is 16.6. The van der Waals surface area contributed by atoms with Crippen LogP contribution in [-0.2, 0) is 33.9 Å². The van der Waals surface area contributed by atoms with Crippen LogP contribution in [0.4, 0.5) is 4.79 Å². The maximum Gasteiger partial charge on any atom is 0.413 e. The van der Waals surface area contributed by atoms with Crippen molar-refractivity contribution < 1.29 is 23.8 Å². The lowest BCUT2D eigenvalue weighted by atomic mass is 10.1. The predicted octanol–water partition coefficient (Wildman–Crippen LogP) is 4.33. The molecule has 0 unspecified atom stereocenters. The summed E-state index contributed by atoms with van der Waals surface area (Å²) in [6.45, 7) is 0.524. The van der Waals surface area contributed by atoms with E-state index in [1.54, 1.807) is 0 Å². The Morgan fingerprint density at radius 1 is 0.839 bits per heavy atom. The molecule has 158 valence electrons. The van der Waals surface area contributed by atoms with Crippen LogP contribution >= 0.6 is 0 Å². The van der Waals surface area contributed by atoms with Crippen molar-refractivity contribution in [1.29, 1.82) is 0 Å². The molecule has 1 amide bonds. The van der Waals surface area contributed by atoms with Crippen molar-refractivity contribution >= 4 is 12.1 Å². The van der Waals surface area contributed by atoms with Gasteiger partial charge in [-0.05, 0) is 28.8 Å². The van der Waals surface area contributed by atoms with E-state index in [0.29, 0.717) is 13.0 Å². The van der Waals surface area contributed by atoms with Gasteiger partial charge < -0.3 is 14.2 Å². The van der Waals surface area contributed by atoms with Gasteiger partial charge in [0.25, 0.3) is 0 Å². The van der Waals surface area contributed by atoms with E-state index in [4.69, 9.17) is 14.2 Å². The molecule has 0 saturated carbocycles. The van der Waals surface area contributed by atoms with Crippen LogP contribution in [0.25, 0.3) is 0 Å². The molecule has 31 heavy (non-hydrogen) atoms. The molecule has 1 saturated heterocycles. The molecule has 4 rings (SSSR count). The molecular formula is C25H23NO5. The molecule has 6 nitrogen and oxygen atoms in total. The summed E-state index contributed by atoms with van der Waals surface area (Å²) in [4.78, 5) is 26.0. The van der Waals surface area contributed by atoms with E-state index < -0.39 is 18.1 Å². The number of cyclic esters (lactones) is 1. The second-order valence-electron chi connectivity index (χ2n) is 7.24. The first-order valence-electron chi connectivity index (χ1n) is 10.1. The Labute approximate surface area is 181 Å². The number of amides is 1. The van der Waals surface area contributed by atoms with E-state index in [2.05, 4.69) is 0 Å². The maximum absolute atomic E-state index is 12.5. The number of hydrogen-bond acceptors (Lipinski definition) is 5. The zero-order valence-electron chi connectivity index (χ0n) is 17.0. The van der Waals surface area contributed by atoms with Crippen molar-refractivity contribution in [3.63, 3.8) is 0 Å². The van der Waals surface area contributed by atoms with Gasteiger partial charge in [0, 0.05) is 6.42 Å². The highest BCUT2D eigenvalue weighted by molar-refractivity contribution is 5.84. The van der Waals surface area contributed by atoms with Crippen LogP contribution in [0.3, 0.4) is 0 Å². The number of nitrogens with zero attached hydrogens (tertiary/aromatic N) is 1. The number of ether oxygens (including phenoxy) is 3. The predicted molar refractivity (Wildman–Crippen MR) is 114 cm³/mol. The van der Waals surface area contributed by atoms with Crippen LogP contribution < -0.4 is 4.74 Å². The minimum absolute atomic E-state index is 0.102. The fraction of sp³-hybridized carbons (Fsp3) is 0.200. The number of benzene rings is 3. The van der Waals surface area contributed by atoms with E-state index in [0.717, 1.165) is 22.4 Å². The molecule has 0 aromatic heterocycles. The quantitative estimate of drug-likeness (QED) is 0.536. The first-order valence-corrected chi connectivity index (χ1v) is 10.1. The summed E-state index contributed by atoms with van der Waals surface area (Å²) >= 11 is 0. The molecule has 0 bridgehead atoms. The first kappa shape index (κ1) is 20.5. The minimum Gasteiger partial charge on any atom is -0.489 e. The van der Waals surface area contributed by atoms with Gasteiger partial charge in [-0.25, -0.2) is 9.59 Å². The van der Waals surface area contributed by atoms with E-state index in [9.17, 15) is 9.59 Å². The maximum atomic E-state index is 12.5. The largest absolute Gasteiger partial charge is 0.489 e. The van der Waals surface area contributed by atoms with Crippen molar-refractivity contribution in [3.8, 4) is 5.75 Å². The summed E-state index contributed by atoms with van der Waals surface area (Å²) in [5.41, 5.74) is 2.87. The van der Waals surface area contributed by atoms with E-state index in [1.165, 1.54) is 4.90 Å². The summed E-state index contributed by atoms with van der Waals surface area (Å²) in [5.74, 6) is 0.307. The van der Waals surface area contributed by atoms with Crippen LogP contribution in [0, 0.1) is 0 Å². The number of esters is 1. The average molecular weight is 417 g/mol. The van der Waals surface area contributed by atoms with E-state index in [1.807, 2.05) is 84.9 Å². The van der Waals surface area contributed by atoms with Gasteiger partial charge in [-0.1, -0.05) is 72.8 Å². The van der Waals surface area contributed by atoms with Crippen LogP contribution in [0.2, 0.25) is 0 Å². The normalized spacial score (nSPS) is 15.4. The second kappa shape index (κ2) is 9.80. The zero-order chi connectivity index (χ0) is 21.5. The Kier molecular flexibility index (Phi) is 6.47. The molecule has 6 heteroatoms. The molecule has 1 aliphatic rings. The molecular weight excluding hydrogens is 394 g/mol. The van der Waals surface area contributed by atoms with Crippen molar-refractivity contribution in [3.05, 3.63) is 102 Å². The van der Waals surface area contributed by atoms with E-state index in [-0.39, 0.29) is 13.3 Å². The summed E-state index contributed by atoms with van der Waals surface area (Å²) in [7, 11) is 0. The number of hydrogen-bond donors (Lipinski definition) is 0.